The van der Waals surface area contributed by atoms with Crippen molar-refractivity contribution in [2.24, 2.45) is 11.7 Å². The van der Waals surface area contributed by atoms with Gasteiger partial charge >= 0.3 is 0 Å². The second-order valence-electron chi connectivity index (χ2n) is 3.39. The molecule has 3 heteroatoms. The largest absolute Gasteiger partial charge is 0.330 e. The van der Waals surface area contributed by atoms with Crippen LogP contribution < -0.4 is 5.73 Å². The highest BCUT2D eigenvalue weighted by Gasteiger charge is 2.36. The van der Waals surface area contributed by atoms with Gasteiger partial charge in [0.15, 0.2) is 0 Å². The lowest BCUT2D eigenvalue weighted by atomic mass is 10.1. The normalized spacial score (nSPS) is 25.1. The summed E-state index contributed by atoms with van der Waals surface area (Å²) < 4.78 is 1.15. The second kappa shape index (κ2) is 4.45. The van der Waals surface area contributed by atoms with Crippen molar-refractivity contribution in [1.82, 2.24) is 0 Å². The van der Waals surface area contributed by atoms with Gasteiger partial charge in [-0.1, -0.05) is 28.1 Å². The maximum Gasteiger partial charge on any atom is 0.0175 e. The first-order valence-corrected chi connectivity index (χ1v) is 5.06. The van der Waals surface area contributed by atoms with E-state index in [2.05, 4.69) is 40.2 Å². The van der Waals surface area contributed by atoms with Crippen LogP contribution >= 0.6 is 28.3 Å². The summed E-state index contributed by atoms with van der Waals surface area (Å²) in [6.45, 7) is 0.834. The molecule has 2 rings (SSSR count). The van der Waals surface area contributed by atoms with Crippen LogP contribution in [0.2, 0.25) is 0 Å². The SMILES string of the molecule is Cl.NC[C@@H]1C[C@H]1c1ccc(Br)cc1. The Morgan fingerprint density at radius 2 is 1.92 bits per heavy atom. The van der Waals surface area contributed by atoms with Crippen molar-refractivity contribution in [3.05, 3.63) is 34.3 Å². The molecule has 2 N–H and O–H groups in total. The zero-order chi connectivity index (χ0) is 8.55. The molecule has 0 saturated heterocycles. The lowest BCUT2D eigenvalue weighted by molar-refractivity contribution is 0.809. The highest BCUT2D eigenvalue weighted by Crippen LogP contribution is 2.46. The van der Waals surface area contributed by atoms with E-state index in [0.29, 0.717) is 0 Å². The van der Waals surface area contributed by atoms with E-state index in [1.807, 2.05) is 0 Å². The van der Waals surface area contributed by atoms with Crippen LogP contribution in [0, 0.1) is 5.92 Å². The minimum Gasteiger partial charge on any atom is -0.330 e. The van der Waals surface area contributed by atoms with Gasteiger partial charge in [-0.25, -0.2) is 0 Å². The van der Waals surface area contributed by atoms with Gasteiger partial charge in [-0.15, -0.1) is 12.4 Å². The average Bonchev–Trinajstić information content (AvgIpc) is 2.85. The molecule has 0 unspecified atom stereocenters. The van der Waals surface area contributed by atoms with Crippen molar-refractivity contribution in [3.63, 3.8) is 0 Å². The molecule has 1 saturated carbocycles. The zero-order valence-corrected chi connectivity index (χ0v) is 9.64. The summed E-state index contributed by atoms with van der Waals surface area (Å²) >= 11 is 3.42. The van der Waals surface area contributed by atoms with Crippen LogP contribution in [0.15, 0.2) is 28.7 Å². The highest BCUT2D eigenvalue weighted by molar-refractivity contribution is 9.10. The van der Waals surface area contributed by atoms with Gasteiger partial charge in [-0.3, -0.25) is 0 Å². The third-order valence-corrected chi connectivity index (χ3v) is 3.05. The fourth-order valence-electron chi connectivity index (χ4n) is 1.63. The van der Waals surface area contributed by atoms with Crippen molar-refractivity contribution >= 4 is 28.3 Å². The molecular formula is C10H13BrClN. The molecule has 1 nitrogen and oxygen atoms in total. The Morgan fingerprint density at radius 3 is 2.38 bits per heavy atom. The van der Waals surface area contributed by atoms with Crippen LogP contribution in [0.1, 0.15) is 17.9 Å². The van der Waals surface area contributed by atoms with Crippen molar-refractivity contribution in [1.29, 1.82) is 0 Å². The van der Waals surface area contributed by atoms with Crippen LogP contribution in [-0.2, 0) is 0 Å². The first kappa shape index (κ1) is 11.0. The Kier molecular flexibility index (Phi) is 3.77. The van der Waals surface area contributed by atoms with E-state index >= 15 is 0 Å². The fourth-order valence-corrected chi connectivity index (χ4v) is 1.89. The van der Waals surface area contributed by atoms with Crippen molar-refractivity contribution < 1.29 is 0 Å². The number of rotatable bonds is 2. The van der Waals surface area contributed by atoms with Crippen LogP contribution in [0.5, 0.6) is 0 Å². The van der Waals surface area contributed by atoms with Gasteiger partial charge in [0.1, 0.15) is 0 Å². The summed E-state index contributed by atoms with van der Waals surface area (Å²) in [6.07, 6.45) is 1.28. The number of hydrogen-bond acceptors (Lipinski definition) is 1. The van der Waals surface area contributed by atoms with Gasteiger partial charge in [0, 0.05) is 4.47 Å². The van der Waals surface area contributed by atoms with E-state index in [-0.39, 0.29) is 12.4 Å². The van der Waals surface area contributed by atoms with E-state index < -0.39 is 0 Å². The Labute approximate surface area is 93.2 Å². The van der Waals surface area contributed by atoms with Gasteiger partial charge < -0.3 is 5.73 Å². The number of nitrogens with two attached hydrogens (primary N) is 1. The summed E-state index contributed by atoms with van der Waals surface area (Å²) in [4.78, 5) is 0. The van der Waals surface area contributed by atoms with Gasteiger partial charge in [0.05, 0.1) is 0 Å². The summed E-state index contributed by atoms with van der Waals surface area (Å²) in [5.74, 6) is 1.48. The first-order chi connectivity index (χ1) is 5.81. The number of halogens is 2. The molecule has 0 radical (unpaired) electrons. The molecule has 0 aromatic heterocycles. The maximum atomic E-state index is 5.58. The van der Waals surface area contributed by atoms with Crippen molar-refractivity contribution in [3.8, 4) is 0 Å². The number of benzene rings is 1. The van der Waals surface area contributed by atoms with E-state index in [0.717, 1.165) is 22.9 Å². The second-order valence-corrected chi connectivity index (χ2v) is 4.31. The Bertz CT molecular complexity index is 273. The topological polar surface area (TPSA) is 26.0 Å². The van der Waals surface area contributed by atoms with E-state index in [1.54, 1.807) is 0 Å². The molecule has 0 bridgehead atoms. The molecule has 72 valence electrons. The molecule has 0 heterocycles. The summed E-state index contributed by atoms with van der Waals surface area (Å²) in [5.41, 5.74) is 7.02. The summed E-state index contributed by atoms with van der Waals surface area (Å²) in [6, 6.07) is 8.57. The van der Waals surface area contributed by atoms with E-state index in [1.165, 1.54) is 12.0 Å². The molecule has 2 atom stereocenters. The minimum absolute atomic E-state index is 0. The summed E-state index contributed by atoms with van der Waals surface area (Å²) in [7, 11) is 0. The molecule has 1 aromatic rings. The third kappa shape index (κ3) is 2.46. The quantitative estimate of drug-likeness (QED) is 0.871. The molecule has 0 spiro atoms. The Hall–Kier alpha value is -0.0500. The van der Waals surface area contributed by atoms with Crippen LogP contribution in [0.4, 0.5) is 0 Å². The van der Waals surface area contributed by atoms with E-state index in [4.69, 9.17) is 5.73 Å². The predicted molar refractivity (Wildman–Crippen MR) is 61.3 cm³/mol. The molecule has 1 aliphatic carbocycles. The standard InChI is InChI=1S/C10H12BrN.ClH/c11-9-3-1-7(2-4-9)10-5-8(10)6-12;/h1-4,8,10H,5-6,12H2;1H/t8-,10-;/m0./s1. The minimum atomic E-state index is 0. The fraction of sp³-hybridized carbons (Fsp3) is 0.400. The highest BCUT2D eigenvalue weighted by atomic mass is 79.9. The first-order valence-electron chi connectivity index (χ1n) is 4.27. The average molecular weight is 263 g/mol. The molecule has 1 aliphatic rings. The molecule has 13 heavy (non-hydrogen) atoms. The predicted octanol–water partition coefficient (Wildman–Crippen LogP) is 2.93. The molecular weight excluding hydrogens is 249 g/mol. The molecule has 1 aromatic carbocycles. The molecule has 0 amide bonds. The van der Waals surface area contributed by atoms with Crippen LogP contribution in [0.3, 0.4) is 0 Å². The van der Waals surface area contributed by atoms with Crippen molar-refractivity contribution in [2.75, 3.05) is 6.54 Å². The van der Waals surface area contributed by atoms with Crippen LogP contribution in [-0.4, -0.2) is 6.54 Å². The van der Waals surface area contributed by atoms with Gasteiger partial charge in [0.25, 0.3) is 0 Å². The number of hydrogen-bond donors (Lipinski definition) is 1. The van der Waals surface area contributed by atoms with Gasteiger partial charge in [-0.2, -0.15) is 0 Å². The van der Waals surface area contributed by atoms with Crippen molar-refractivity contribution in [2.45, 2.75) is 12.3 Å². The van der Waals surface area contributed by atoms with Gasteiger partial charge in [-0.05, 0) is 42.5 Å². The molecule has 0 aliphatic heterocycles. The Morgan fingerprint density at radius 1 is 1.31 bits per heavy atom. The smallest absolute Gasteiger partial charge is 0.0175 e. The lowest BCUT2D eigenvalue weighted by Crippen LogP contribution is -2.01. The summed E-state index contributed by atoms with van der Waals surface area (Å²) in [5, 5.41) is 0. The van der Waals surface area contributed by atoms with E-state index in [9.17, 15) is 0 Å². The maximum absolute atomic E-state index is 5.58. The molecule has 1 fully saturated rings. The zero-order valence-electron chi connectivity index (χ0n) is 7.24. The monoisotopic (exact) mass is 261 g/mol. The third-order valence-electron chi connectivity index (χ3n) is 2.52. The van der Waals surface area contributed by atoms with Crippen LogP contribution in [0.25, 0.3) is 0 Å². The van der Waals surface area contributed by atoms with Gasteiger partial charge in [0.2, 0.25) is 0 Å². The Balaban J connectivity index is 0.000000845. The lowest BCUT2D eigenvalue weighted by Gasteiger charge is -1.98.